The number of hydrogen-bond acceptors (Lipinski definition) is 2. The van der Waals surface area contributed by atoms with E-state index in [0.29, 0.717) is 11.3 Å². The van der Waals surface area contributed by atoms with Gasteiger partial charge in [-0.3, -0.25) is 0 Å². The van der Waals surface area contributed by atoms with Crippen LogP contribution in [0.3, 0.4) is 0 Å². The Bertz CT molecular complexity index is 650. The lowest BCUT2D eigenvalue weighted by Crippen LogP contribution is -1.86. The molecule has 86 valence electrons. The number of benzene rings is 1. The van der Waals surface area contributed by atoms with Crippen molar-refractivity contribution in [1.29, 1.82) is 5.26 Å². The first-order chi connectivity index (χ1) is 8.76. The van der Waals surface area contributed by atoms with Gasteiger partial charge < -0.3 is 0 Å². The lowest BCUT2D eigenvalue weighted by atomic mass is 10.0. The molecule has 0 bridgehead atoms. The van der Waals surface area contributed by atoms with E-state index in [1.807, 2.05) is 48.7 Å². The molecule has 3 heteroatoms. The molecular formula is C15H10N2S. The highest BCUT2D eigenvalue weighted by Gasteiger charge is 2.12. The third-order valence-corrected chi connectivity index (χ3v) is 3.43. The summed E-state index contributed by atoms with van der Waals surface area (Å²) in [7, 11) is 0. The Morgan fingerprint density at radius 3 is 2.50 bits per heavy atom. The molecule has 0 fully saturated rings. The summed E-state index contributed by atoms with van der Waals surface area (Å²) < 4.78 is 0. The molecule has 0 saturated heterocycles. The third kappa shape index (κ3) is 2.32. The van der Waals surface area contributed by atoms with Crippen LogP contribution in [0.5, 0.6) is 0 Å². The minimum atomic E-state index is 0.427. The normalized spacial score (nSPS) is 11.3. The van der Waals surface area contributed by atoms with Crippen molar-refractivity contribution in [3.05, 3.63) is 69.2 Å². The van der Waals surface area contributed by atoms with Crippen LogP contribution in [0.1, 0.15) is 16.0 Å². The van der Waals surface area contributed by atoms with E-state index in [2.05, 4.69) is 10.9 Å². The van der Waals surface area contributed by atoms with E-state index in [-0.39, 0.29) is 0 Å². The quantitative estimate of drug-likeness (QED) is 0.574. The van der Waals surface area contributed by atoms with Crippen molar-refractivity contribution in [2.24, 2.45) is 0 Å². The third-order valence-electron chi connectivity index (χ3n) is 2.56. The van der Waals surface area contributed by atoms with E-state index in [1.54, 1.807) is 0 Å². The van der Waals surface area contributed by atoms with E-state index in [0.717, 1.165) is 16.0 Å². The zero-order chi connectivity index (χ0) is 13.0. The molecule has 0 N–H and O–H groups in total. The highest BCUT2D eigenvalue weighted by Crippen LogP contribution is 2.30. The Morgan fingerprint density at radius 1 is 1.28 bits per heavy atom. The zero-order valence-corrected chi connectivity index (χ0v) is 10.7. The SMILES string of the molecule is [C-]#[N+]/C(=C(/C#N)c1ccc(C)cc1)c1cccs1. The van der Waals surface area contributed by atoms with Gasteiger partial charge in [0, 0.05) is 4.88 Å². The van der Waals surface area contributed by atoms with Crippen LogP contribution >= 0.6 is 11.3 Å². The largest absolute Gasteiger partial charge is 0.235 e. The molecule has 0 atom stereocenters. The Hall–Kier alpha value is -2.36. The number of allylic oxidation sites excluding steroid dienone is 1. The molecule has 2 aromatic rings. The highest BCUT2D eigenvalue weighted by atomic mass is 32.1. The summed E-state index contributed by atoms with van der Waals surface area (Å²) >= 11 is 1.47. The van der Waals surface area contributed by atoms with E-state index in [1.165, 1.54) is 11.3 Å². The fourth-order valence-corrected chi connectivity index (χ4v) is 2.34. The number of nitrogens with zero attached hydrogens (tertiary/aromatic N) is 2. The molecule has 0 aliphatic carbocycles. The highest BCUT2D eigenvalue weighted by molar-refractivity contribution is 7.11. The molecule has 0 saturated carbocycles. The lowest BCUT2D eigenvalue weighted by molar-refractivity contribution is 1.45. The van der Waals surface area contributed by atoms with E-state index in [9.17, 15) is 5.26 Å². The van der Waals surface area contributed by atoms with Crippen LogP contribution in [0.25, 0.3) is 16.1 Å². The van der Waals surface area contributed by atoms with Crippen molar-refractivity contribution < 1.29 is 0 Å². The average Bonchev–Trinajstić information content (AvgIpc) is 2.91. The first kappa shape index (κ1) is 12.1. The Kier molecular flexibility index (Phi) is 3.57. The molecule has 0 spiro atoms. The van der Waals surface area contributed by atoms with Crippen molar-refractivity contribution in [2.75, 3.05) is 0 Å². The maximum Gasteiger partial charge on any atom is 0.221 e. The Balaban J connectivity index is 2.60. The van der Waals surface area contributed by atoms with Gasteiger partial charge in [0.25, 0.3) is 0 Å². The van der Waals surface area contributed by atoms with Crippen LogP contribution in [0.4, 0.5) is 0 Å². The molecule has 1 aromatic heterocycles. The summed E-state index contributed by atoms with van der Waals surface area (Å²) in [5.74, 6) is 0. The molecule has 0 unspecified atom stereocenters. The van der Waals surface area contributed by atoms with Crippen molar-refractivity contribution in [3.63, 3.8) is 0 Å². The number of hydrogen-bond donors (Lipinski definition) is 0. The number of nitriles is 1. The summed E-state index contributed by atoms with van der Waals surface area (Å²) in [6.07, 6.45) is 0. The lowest BCUT2D eigenvalue weighted by Gasteiger charge is -2.02. The molecule has 2 nitrogen and oxygen atoms in total. The Labute approximate surface area is 110 Å². The van der Waals surface area contributed by atoms with Crippen molar-refractivity contribution in [3.8, 4) is 6.07 Å². The summed E-state index contributed by atoms with van der Waals surface area (Å²) in [4.78, 5) is 4.35. The van der Waals surface area contributed by atoms with Gasteiger partial charge in [0.05, 0.1) is 18.2 Å². The van der Waals surface area contributed by atoms with Crippen molar-refractivity contribution in [1.82, 2.24) is 0 Å². The van der Waals surface area contributed by atoms with E-state index in [4.69, 9.17) is 6.57 Å². The molecule has 0 aliphatic heterocycles. The van der Waals surface area contributed by atoms with Crippen LogP contribution in [0.2, 0.25) is 0 Å². The maximum atomic E-state index is 9.30. The number of aryl methyl sites for hydroxylation is 1. The monoisotopic (exact) mass is 250 g/mol. The van der Waals surface area contributed by atoms with Crippen LogP contribution in [-0.4, -0.2) is 0 Å². The van der Waals surface area contributed by atoms with Crippen LogP contribution in [0, 0.1) is 24.8 Å². The molecule has 1 aromatic carbocycles. The van der Waals surface area contributed by atoms with Gasteiger partial charge in [-0.15, -0.1) is 0 Å². The van der Waals surface area contributed by atoms with Gasteiger partial charge in [-0.25, -0.2) is 4.85 Å². The zero-order valence-electron chi connectivity index (χ0n) is 9.84. The molecular weight excluding hydrogens is 240 g/mol. The number of rotatable bonds is 2. The van der Waals surface area contributed by atoms with Gasteiger partial charge in [-0.2, -0.15) is 16.6 Å². The van der Waals surface area contributed by atoms with Crippen LogP contribution in [0.15, 0.2) is 41.8 Å². The second-order valence-corrected chi connectivity index (χ2v) is 4.74. The fourth-order valence-electron chi connectivity index (χ4n) is 1.62. The van der Waals surface area contributed by atoms with Gasteiger partial charge >= 0.3 is 0 Å². The molecule has 0 amide bonds. The molecule has 2 rings (SSSR count). The van der Waals surface area contributed by atoms with Crippen LogP contribution in [-0.2, 0) is 0 Å². The molecule has 0 radical (unpaired) electrons. The predicted molar refractivity (Wildman–Crippen MR) is 74.5 cm³/mol. The van der Waals surface area contributed by atoms with Gasteiger partial charge in [-0.1, -0.05) is 42.0 Å². The second kappa shape index (κ2) is 5.31. The van der Waals surface area contributed by atoms with E-state index >= 15 is 0 Å². The summed E-state index contributed by atoms with van der Waals surface area (Å²) in [6.45, 7) is 9.28. The van der Waals surface area contributed by atoms with Gasteiger partial charge in [0.15, 0.2) is 0 Å². The topological polar surface area (TPSA) is 28.1 Å². The summed E-state index contributed by atoms with van der Waals surface area (Å²) in [6, 6.07) is 13.6. The van der Waals surface area contributed by atoms with Crippen molar-refractivity contribution in [2.45, 2.75) is 6.92 Å². The van der Waals surface area contributed by atoms with Gasteiger partial charge in [0.1, 0.15) is 0 Å². The van der Waals surface area contributed by atoms with E-state index < -0.39 is 0 Å². The van der Waals surface area contributed by atoms with Crippen molar-refractivity contribution >= 4 is 22.6 Å². The maximum absolute atomic E-state index is 9.30. The standard InChI is InChI=1S/C15H10N2S/c1-11-5-7-12(8-6-11)13(10-16)15(17-2)14-4-3-9-18-14/h3-9H,1H3/b15-13-. The average molecular weight is 250 g/mol. The first-order valence-electron chi connectivity index (χ1n) is 5.39. The minimum absolute atomic E-state index is 0.427. The summed E-state index contributed by atoms with van der Waals surface area (Å²) in [5, 5.41) is 11.2. The smallest absolute Gasteiger partial charge is 0.221 e. The van der Waals surface area contributed by atoms with Gasteiger partial charge in [-0.05, 0) is 17.9 Å². The number of thiophene rings is 1. The summed E-state index contributed by atoms with van der Waals surface area (Å²) in [5.41, 5.74) is 2.79. The molecule has 0 aliphatic rings. The predicted octanol–water partition coefficient (Wildman–Crippen LogP) is 4.37. The fraction of sp³-hybridized carbons (Fsp3) is 0.0667. The molecule has 1 heterocycles. The van der Waals surface area contributed by atoms with Crippen LogP contribution < -0.4 is 0 Å². The molecule has 18 heavy (non-hydrogen) atoms. The second-order valence-electron chi connectivity index (χ2n) is 3.79. The Morgan fingerprint density at radius 2 is 2.00 bits per heavy atom. The first-order valence-corrected chi connectivity index (χ1v) is 6.27. The minimum Gasteiger partial charge on any atom is -0.235 e. The van der Waals surface area contributed by atoms with Gasteiger partial charge in [0.2, 0.25) is 5.70 Å².